The number of nitrogens with one attached hydrogen (secondary N) is 2. The van der Waals surface area contributed by atoms with Gasteiger partial charge < -0.3 is 30.6 Å². The summed E-state index contributed by atoms with van der Waals surface area (Å²) in [7, 11) is 0. The molecule has 2 aliphatic rings. The maximum atomic E-state index is 9.50. The van der Waals surface area contributed by atoms with E-state index in [-0.39, 0.29) is 0 Å². The van der Waals surface area contributed by atoms with E-state index in [0.717, 1.165) is 26.2 Å². The van der Waals surface area contributed by atoms with E-state index in [1.54, 1.807) is 13.8 Å². The molecule has 24 heavy (non-hydrogen) atoms. The summed E-state index contributed by atoms with van der Waals surface area (Å²) < 4.78 is 0. The highest BCUT2D eigenvalue weighted by atomic mass is 16.3. The molecule has 0 aromatic carbocycles. The zero-order valence-electron chi connectivity index (χ0n) is 15.2. The van der Waals surface area contributed by atoms with Crippen LogP contribution in [0.3, 0.4) is 0 Å². The van der Waals surface area contributed by atoms with Crippen molar-refractivity contribution in [2.24, 2.45) is 0 Å². The van der Waals surface area contributed by atoms with Crippen molar-refractivity contribution in [3.63, 3.8) is 0 Å². The number of aliphatic hydroxyl groups excluding tert-OH is 2. The number of nitrogens with zero attached hydrogens (tertiary/aromatic N) is 2. The molecule has 0 saturated heterocycles. The SMILES string of the molecule is CC(O)N1C=C(CCCCCCCCC2=CN(C(C)O)CN2)NC1. The number of allylic oxidation sites excluding steroid dienone is 2. The van der Waals surface area contributed by atoms with Crippen LogP contribution in [-0.4, -0.2) is 45.8 Å². The second kappa shape index (κ2) is 9.79. The van der Waals surface area contributed by atoms with Crippen LogP contribution in [0.1, 0.15) is 65.2 Å². The molecule has 0 fully saturated rings. The molecule has 0 aromatic rings. The van der Waals surface area contributed by atoms with Crippen molar-refractivity contribution in [2.75, 3.05) is 13.3 Å². The van der Waals surface area contributed by atoms with Crippen LogP contribution in [0.5, 0.6) is 0 Å². The van der Waals surface area contributed by atoms with Gasteiger partial charge >= 0.3 is 0 Å². The lowest BCUT2D eigenvalue weighted by Crippen LogP contribution is -2.29. The van der Waals surface area contributed by atoms with Crippen LogP contribution in [0.4, 0.5) is 0 Å². The van der Waals surface area contributed by atoms with E-state index in [9.17, 15) is 10.2 Å². The number of hydrogen-bond donors (Lipinski definition) is 4. The first kappa shape index (κ1) is 18.9. The number of aliphatic hydroxyl groups is 2. The second-order valence-corrected chi connectivity index (χ2v) is 6.89. The Morgan fingerprint density at radius 3 is 1.50 bits per heavy atom. The molecule has 2 rings (SSSR count). The molecule has 6 nitrogen and oxygen atoms in total. The zero-order valence-corrected chi connectivity index (χ0v) is 15.2. The fraction of sp³-hybridized carbons (Fsp3) is 0.778. The van der Waals surface area contributed by atoms with Crippen LogP contribution in [0.25, 0.3) is 0 Å². The van der Waals surface area contributed by atoms with Crippen LogP contribution < -0.4 is 10.6 Å². The molecule has 2 aliphatic heterocycles. The maximum Gasteiger partial charge on any atom is 0.125 e. The Morgan fingerprint density at radius 2 is 1.17 bits per heavy atom. The third kappa shape index (κ3) is 6.24. The summed E-state index contributed by atoms with van der Waals surface area (Å²) in [5.41, 5.74) is 2.50. The lowest BCUT2D eigenvalue weighted by atomic mass is 10.1. The third-order valence-electron chi connectivity index (χ3n) is 4.72. The summed E-state index contributed by atoms with van der Waals surface area (Å²) >= 11 is 0. The van der Waals surface area contributed by atoms with E-state index in [1.807, 2.05) is 22.2 Å². The van der Waals surface area contributed by atoms with Crippen LogP contribution in [0.2, 0.25) is 0 Å². The van der Waals surface area contributed by atoms with E-state index < -0.39 is 12.5 Å². The molecule has 2 unspecified atom stereocenters. The maximum absolute atomic E-state index is 9.50. The Kier molecular flexibility index (Phi) is 7.72. The fourth-order valence-electron chi connectivity index (χ4n) is 3.09. The summed E-state index contributed by atoms with van der Waals surface area (Å²) in [4.78, 5) is 3.83. The highest BCUT2D eigenvalue weighted by molar-refractivity contribution is 5.05. The normalized spacial score (nSPS) is 19.7. The molecule has 2 atom stereocenters. The van der Waals surface area contributed by atoms with Crippen molar-refractivity contribution in [2.45, 2.75) is 77.7 Å². The quantitative estimate of drug-likeness (QED) is 0.433. The topological polar surface area (TPSA) is 71.0 Å². The lowest BCUT2D eigenvalue weighted by molar-refractivity contribution is 0.0582. The number of hydrogen-bond acceptors (Lipinski definition) is 6. The van der Waals surface area contributed by atoms with Crippen molar-refractivity contribution in [3.05, 3.63) is 23.8 Å². The Balaban J connectivity index is 1.44. The van der Waals surface area contributed by atoms with Crippen LogP contribution in [-0.2, 0) is 0 Å². The summed E-state index contributed by atoms with van der Waals surface area (Å²) in [5.74, 6) is 0. The molecule has 0 amide bonds. The third-order valence-corrected chi connectivity index (χ3v) is 4.72. The van der Waals surface area contributed by atoms with Gasteiger partial charge in [0.25, 0.3) is 0 Å². The van der Waals surface area contributed by atoms with Gasteiger partial charge in [0.2, 0.25) is 0 Å². The van der Waals surface area contributed by atoms with Gasteiger partial charge in [0.15, 0.2) is 0 Å². The molecule has 0 saturated carbocycles. The van der Waals surface area contributed by atoms with Gasteiger partial charge in [-0.2, -0.15) is 0 Å². The van der Waals surface area contributed by atoms with Gasteiger partial charge in [-0.1, -0.05) is 25.7 Å². The van der Waals surface area contributed by atoms with Gasteiger partial charge in [-0.3, -0.25) is 0 Å². The standard InChI is InChI=1S/C18H34N4O2/c1-15(23)21-11-17(19-13-21)9-7-5-3-4-6-8-10-18-12-22(14-20-18)16(2)24/h11-12,15-16,19-20,23-24H,3-10,13-14H2,1-2H3. The van der Waals surface area contributed by atoms with Gasteiger partial charge in [0.1, 0.15) is 12.5 Å². The molecule has 6 heteroatoms. The summed E-state index contributed by atoms with van der Waals surface area (Å²) in [6, 6.07) is 0. The van der Waals surface area contributed by atoms with Gasteiger partial charge in [-0.15, -0.1) is 0 Å². The van der Waals surface area contributed by atoms with Crippen molar-refractivity contribution >= 4 is 0 Å². The first-order valence-corrected chi connectivity index (χ1v) is 9.33. The van der Waals surface area contributed by atoms with E-state index in [4.69, 9.17) is 0 Å². The first-order chi connectivity index (χ1) is 11.6. The molecule has 0 aromatic heterocycles. The van der Waals surface area contributed by atoms with Gasteiger partial charge in [0.05, 0.1) is 13.3 Å². The second-order valence-electron chi connectivity index (χ2n) is 6.89. The molecule has 0 spiro atoms. The molecule has 4 N–H and O–H groups in total. The van der Waals surface area contributed by atoms with E-state index in [1.165, 1.54) is 49.9 Å². The summed E-state index contributed by atoms with van der Waals surface area (Å²) in [5, 5.41) is 25.7. The smallest absolute Gasteiger partial charge is 0.125 e. The molecule has 2 heterocycles. The Labute approximate surface area is 146 Å². The van der Waals surface area contributed by atoms with Crippen molar-refractivity contribution < 1.29 is 10.2 Å². The van der Waals surface area contributed by atoms with E-state index in [2.05, 4.69) is 10.6 Å². The number of unbranched alkanes of at least 4 members (excludes halogenated alkanes) is 5. The highest BCUT2D eigenvalue weighted by Gasteiger charge is 2.15. The minimum atomic E-state index is -0.410. The monoisotopic (exact) mass is 338 g/mol. The average molecular weight is 338 g/mol. The van der Waals surface area contributed by atoms with E-state index in [0.29, 0.717) is 0 Å². The van der Waals surface area contributed by atoms with Crippen molar-refractivity contribution in [1.82, 2.24) is 20.4 Å². The lowest BCUT2D eigenvalue weighted by Gasteiger charge is -2.17. The Hall–Kier alpha value is -1.40. The summed E-state index contributed by atoms with van der Waals surface area (Å²) in [6.07, 6.45) is 13.0. The molecule has 138 valence electrons. The largest absolute Gasteiger partial charge is 0.374 e. The van der Waals surface area contributed by atoms with Crippen LogP contribution in [0.15, 0.2) is 23.8 Å². The molecule has 0 radical (unpaired) electrons. The van der Waals surface area contributed by atoms with Gasteiger partial charge in [-0.25, -0.2) is 0 Å². The van der Waals surface area contributed by atoms with Crippen LogP contribution >= 0.6 is 0 Å². The number of rotatable bonds is 11. The van der Waals surface area contributed by atoms with E-state index >= 15 is 0 Å². The minimum absolute atomic E-state index is 0.410. The molecule has 0 bridgehead atoms. The minimum Gasteiger partial charge on any atom is -0.374 e. The fourth-order valence-corrected chi connectivity index (χ4v) is 3.09. The predicted octanol–water partition coefficient (Wildman–Crippen LogP) is 2.19. The zero-order chi connectivity index (χ0) is 17.4. The Bertz CT molecular complexity index is 395. The van der Waals surface area contributed by atoms with Crippen molar-refractivity contribution in [3.8, 4) is 0 Å². The Morgan fingerprint density at radius 1 is 0.792 bits per heavy atom. The predicted molar refractivity (Wildman–Crippen MR) is 96.1 cm³/mol. The first-order valence-electron chi connectivity index (χ1n) is 9.33. The van der Waals surface area contributed by atoms with Crippen LogP contribution in [0, 0.1) is 0 Å². The van der Waals surface area contributed by atoms with Crippen molar-refractivity contribution in [1.29, 1.82) is 0 Å². The molecular formula is C18H34N4O2. The molecular weight excluding hydrogens is 304 g/mol. The van der Waals surface area contributed by atoms with Gasteiger partial charge in [-0.05, 0) is 39.5 Å². The average Bonchev–Trinajstić information content (AvgIpc) is 3.19. The van der Waals surface area contributed by atoms with Gasteiger partial charge in [0, 0.05) is 23.8 Å². The molecule has 0 aliphatic carbocycles. The highest BCUT2D eigenvalue weighted by Crippen LogP contribution is 2.17. The summed E-state index contributed by atoms with van der Waals surface area (Å²) in [6.45, 7) is 5.03.